The molecule has 0 spiro atoms. The minimum absolute atomic E-state index is 0.0156. The minimum atomic E-state index is -0.469. The van der Waals surface area contributed by atoms with E-state index in [1.54, 1.807) is 6.07 Å². The SMILES string of the molecule is Cc1ccc([N+](=O)[O-])cc1-c1nc(CN)no1. The van der Waals surface area contributed by atoms with E-state index in [9.17, 15) is 10.1 Å². The van der Waals surface area contributed by atoms with E-state index >= 15 is 0 Å². The molecule has 0 aliphatic carbocycles. The maximum atomic E-state index is 10.7. The van der Waals surface area contributed by atoms with E-state index in [-0.39, 0.29) is 18.1 Å². The number of nitro benzene ring substituents is 1. The lowest BCUT2D eigenvalue weighted by molar-refractivity contribution is -0.384. The van der Waals surface area contributed by atoms with E-state index in [1.807, 2.05) is 6.92 Å². The molecule has 7 heteroatoms. The highest BCUT2D eigenvalue weighted by Gasteiger charge is 2.15. The zero-order valence-corrected chi connectivity index (χ0v) is 9.08. The van der Waals surface area contributed by atoms with Crippen molar-refractivity contribution in [3.05, 3.63) is 39.7 Å². The van der Waals surface area contributed by atoms with Crippen LogP contribution in [0.4, 0.5) is 5.69 Å². The number of benzene rings is 1. The van der Waals surface area contributed by atoms with Crippen molar-refractivity contribution in [3.63, 3.8) is 0 Å². The van der Waals surface area contributed by atoms with Crippen molar-refractivity contribution in [2.45, 2.75) is 13.5 Å². The van der Waals surface area contributed by atoms with Gasteiger partial charge in [0.1, 0.15) is 0 Å². The Balaban J connectivity index is 2.49. The maximum absolute atomic E-state index is 10.7. The summed E-state index contributed by atoms with van der Waals surface area (Å²) in [5.41, 5.74) is 6.72. The zero-order chi connectivity index (χ0) is 12.4. The van der Waals surface area contributed by atoms with E-state index in [1.165, 1.54) is 12.1 Å². The topological polar surface area (TPSA) is 108 Å². The molecule has 0 radical (unpaired) electrons. The Kier molecular flexibility index (Phi) is 2.84. The lowest BCUT2D eigenvalue weighted by atomic mass is 10.1. The number of hydrogen-bond donors (Lipinski definition) is 1. The summed E-state index contributed by atoms with van der Waals surface area (Å²) in [5, 5.41) is 14.3. The number of hydrogen-bond acceptors (Lipinski definition) is 6. The molecular formula is C10H10N4O3. The molecule has 0 saturated heterocycles. The van der Waals surface area contributed by atoms with Gasteiger partial charge in [0.25, 0.3) is 11.6 Å². The van der Waals surface area contributed by atoms with Gasteiger partial charge in [0.05, 0.1) is 11.5 Å². The molecule has 88 valence electrons. The molecule has 2 aromatic rings. The van der Waals surface area contributed by atoms with Crippen molar-refractivity contribution in [1.82, 2.24) is 10.1 Å². The van der Waals surface area contributed by atoms with Crippen LogP contribution in [0.15, 0.2) is 22.7 Å². The van der Waals surface area contributed by atoms with E-state index < -0.39 is 4.92 Å². The molecule has 17 heavy (non-hydrogen) atoms. The van der Waals surface area contributed by atoms with Crippen molar-refractivity contribution < 1.29 is 9.45 Å². The molecule has 1 aromatic carbocycles. The summed E-state index contributed by atoms with van der Waals surface area (Å²) >= 11 is 0. The number of rotatable bonds is 3. The minimum Gasteiger partial charge on any atom is -0.334 e. The van der Waals surface area contributed by atoms with Crippen molar-refractivity contribution in [1.29, 1.82) is 0 Å². The summed E-state index contributed by atoms with van der Waals surface area (Å²) in [6.45, 7) is 1.98. The molecule has 7 nitrogen and oxygen atoms in total. The molecular weight excluding hydrogens is 224 g/mol. The Labute approximate surface area is 96.4 Å². The van der Waals surface area contributed by atoms with Gasteiger partial charge in [-0.25, -0.2) is 0 Å². The van der Waals surface area contributed by atoms with Gasteiger partial charge in [0.15, 0.2) is 5.82 Å². The lowest BCUT2D eigenvalue weighted by Gasteiger charge is -1.99. The Bertz CT molecular complexity index is 564. The highest BCUT2D eigenvalue weighted by Crippen LogP contribution is 2.26. The molecule has 0 bridgehead atoms. The second-order valence-electron chi connectivity index (χ2n) is 3.48. The van der Waals surface area contributed by atoms with Crippen LogP contribution in [0.3, 0.4) is 0 Å². The van der Waals surface area contributed by atoms with Crippen molar-refractivity contribution in [2.75, 3.05) is 0 Å². The maximum Gasteiger partial charge on any atom is 0.270 e. The smallest absolute Gasteiger partial charge is 0.270 e. The van der Waals surface area contributed by atoms with Crippen molar-refractivity contribution in [3.8, 4) is 11.5 Å². The van der Waals surface area contributed by atoms with Crippen LogP contribution < -0.4 is 5.73 Å². The number of nitrogens with two attached hydrogens (primary N) is 1. The van der Waals surface area contributed by atoms with Gasteiger partial charge in [0.2, 0.25) is 0 Å². The largest absolute Gasteiger partial charge is 0.334 e. The van der Waals surface area contributed by atoms with E-state index in [0.717, 1.165) is 5.56 Å². The molecule has 0 fully saturated rings. The van der Waals surface area contributed by atoms with Crippen LogP contribution in [0.25, 0.3) is 11.5 Å². The van der Waals surface area contributed by atoms with Crippen LogP contribution in [-0.2, 0) is 6.54 Å². The van der Waals surface area contributed by atoms with Crippen LogP contribution >= 0.6 is 0 Å². The van der Waals surface area contributed by atoms with Crippen LogP contribution in [-0.4, -0.2) is 15.1 Å². The first-order chi connectivity index (χ1) is 8.11. The van der Waals surface area contributed by atoms with Crippen LogP contribution in [0, 0.1) is 17.0 Å². The molecule has 0 atom stereocenters. The number of aromatic nitrogens is 2. The second-order valence-corrected chi connectivity index (χ2v) is 3.48. The number of non-ortho nitro benzene ring substituents is 1. The fraction of sp³-hybridized carbons (Fsp3) is 0.200. The first-order valence-electron chi connectivity index (χ1n) is 4.90. The quantitative estimate of drug-likeness (QED) is 0.635. The molecule has 0 unspecified atom stereocenters. The summed E-state index contributed by atoms with van der Waals surface area (Å²) in [5.74, 6) is 0.609. The van der Waals surface area contributed by atoms with E-state index in [2.05, 4.69) is 10.1 Å². The molecule has 2 rings (SSSR count). The van der Waals surface area contributed by atoms with Crippen LogP contribution in [0.2, 0.25) is 0 Å². The summed E-state index contributed by atoms with van der Waals surface area (Å²) in [6, 6.07) is 4.47. The van der Waals surface area contributed by atoms with Crippen LogP contribution in [0.1, 0.15) is 11.4 Å². The third kappa shape index (κ3) is 2.13. The normalized spacial score (nSPS) is 10.5. The second kappa shape index (κ2) is 4.30. The molecule has 1 aromatic heterocycles. The highest BCUT2D eigenvalue weighted by atomic mass is 16.6. The average molecular weight is 234 g/mol. The third-order valence-corrected chi connectivity index (χ3v) is 2.31. The average Bonchev–Trinajstić information content (AvgIpc) is 2.77. The molecule has 0 aliphatic rings. The summed E-state index contributed by atoms with van der Waals surface area (Å²) < 4.78 is 4.99. The fourth-order valence-corrected chi connectivity index (χ4v) is 1.40. The Morgan fingerprint density at radius 2 is 2.29 bits per heavy atom. The van der Waals surface area contributed by atoms with Gasteiger partial charge in [0, 0.05) is 17.7 Å². The number of aryl methyl sites for hydroxylation is 1. The van der Waals surface area contributed by atoms with Crippen molar-refractivity contribution in [2.24, 2.45) is 5.73 Å². The Hall–Kier alpha value is -2.28. The molecule has 2 N–H and O–H groups in total. The first kappa shape index (κ1) is 11.2. The predicted molar refractivity (Wildman–Crippen MR) is 59.0 cm³/mol. The predicted octanol–water partition coefficient (Wildman–Crippen LogP) is 1.41. The van der Waals surface area contributed by atoms with Crippen molar-refractivity contribution >= 4 is 5.69 Å². The number of nitrogens with zero attached hydrogens (tertiary/aromatic N) is 3. The van der Waals surface area contributed by atoms with Gasteiger partial charge in [-0.15, -0.1) is 0 Å². The fourth-order valence-electron chi connectivity index (χ4n) is 1.40. The highest BCUT2D eigenvalue weighted by molar-refractivity contribution is 5.62. The van der Waals surface area contributed by atoms with Gasteiger partial charge in [-0.1, -0.05) is 11.2 Å². The third-order valence-electron chi connectivity index (χ3n) is 2.31. The summed E-state index contributed by atoms with van der Waals surface area (Å²) in [7, 11) is 0. The van der Waals surface area contributed by atoms with Gasteiger partial charge in [-0.2, -0.15) is 4.98 Å². The van der Waals surface area contributed by atoms with E-state index in [4.69, 9.17) is 10.3 Å². The molecule has 0 saturated carbocycles. The van der Waals surface area contributed by atoms with Crippen LogP contribution in [0.5, 0.6) is 0 Å². The molecule has 1 heterocycles. The Morgan fingerprint density at radius 3 is 2.88 bits per heavy atom. The Morgan fingerprint density at radius 1 is 1.53 bits per heavy atom. The zero-order valence-electron chi connectivity index (χ0n) is 9.08. The first-order valence-corrected chi connectivity index (χ1v) is 4.90. The van der Waals surface area contributed by atoms with Gasteiger partial charge < -0.3 is 10.3 Å². The standard InChI is InChI=1S/C10H10N4O3/c1-6-2-3-7(14(15)16)4-8(6)10-12-9(5-11)13-17-10/h2-4H,5,11H2,1H3. The summed E-state index contributed by atoms with van der Waals surface area (Å²) in [6.07, 6.45) is 0. The van der Waals surface area contributed by atoms with Gasteiger partial charge in [-0.05, 0) is 12.5 Å². The summed E-state index contributed by atoms with van der Waals surface area (Å²) in [4.78, 5) is 14.2. The monoisotopic (exact) mass is 234 g/mol. The molecule has 0 aliphatic heterocycles. The number of nitro groups is 1. The van der Waals surface area contributed by atoms with Gasteiger partial charge in [-0.3, -0.25) is 10.1 Å². The lowest BCUT2D eigenvalue weighted by Crippen LogP contribution is -1.98. The molecule has 0 amide bonds. The van der Waals surface area contributed by atoms with E-state index in [0.29, 0.717) is 11.4 Å². The van der Waals surface area contributed by atoms with Gasteiger partial charge >= 0.3 is 0 Å².